The molecule has 0 aliphatic heterocycles. The van der Waals surface area contributed by atoms with E-state index in [4.69, 9.17) is 5.11 Å². The standard InChI is InChI=1S/C15H13NO2/c1-11-9-13(15(17)18)7-8-14(11)16-10-12-5-3-2-4-6-12/h2-10H,1H3,(H,17,18)/b16-10+. The summed E-state index contributed by atoms with van der Waals surface area (Å²) < 4.78 is 0. The van der Waals surface area contributed by atoms with Crippen molar-refractivity contribution >= 4 is 17.9 Å². The van der Waals surface area contributed by atoms with E-state index < -0.39 is 5.97 Å². The van der Waals surface area contributed by atoms with E-state index in [1.807, 2.05) is 37.3 Å². The van der Waals surface area contributed by atoms with Crippen molar-refractivity contribution in [2.45, 2.75) is 6.92 Å². The quantitative estimate of drug-likeness (QED) is 0.834. The van der Waals surface area contributed by atoms with Gasteiger partial charge < -0.3 is 5.11 Å². The van der Waals surface area contributed by atoms with Gasteiger partial charge in [-0.15, -0.1) is 0 Å². The van der Waals surface area contributed by atoms with Gasteiger partial charge in [0.2, 0.25) is 0 Å². The Bertz CT molecular complexity index is 589. The molecule has 0 unspecified atom stereocenters. The first-order valence-corrected chi connectivity index (χ1v) is 5.60. The molecule has 3 heteroatoms. The highest BCUT2D eigenvalue weighted by Crippen LogP contribution is 2.19. The average molecular weight is 239 g/mol. The van der Waals surface area contributed by atoms with Crippen molar-refractivity contribution < 1.29 is 9.90 Å². The Morgan fingerprint density at radius 2 is 1.89 bits per heavy atom. The van der Waals surface area contributed by atoms with E-state index in [0.717, 1.165) is 16.8 Å². The highest BCUT2D eigenvalue weighted by molar-refractivity contribution is 5.89. The number of carboxylic acids is 1. The predicted octanol–water partition coefficient (Wildman–Crippen LogP) is 3.44. The van der Waals surface area contributed by atoms with Crippen LogP contribution < -0.4 is 0 Å². The number of nitrogens with zero attached hydrogens (tertiary/aromatic N) is 1. The minimum atomic E-state index is -0.920. The van der Waals surface area contributed by atoms with Crippen LogP contribution in [0.5, 0.6) is 0 Å². The van der Waals surface area contributed by atoms with Crippen LogP contribution in [0.2, 0.25) is 0 Å². The zero-order valence-corrected chi connectivity index (χ0v) is 10.00. The van der Waals surface area contributed by atoms with Gasteiger partial charge in [-0.1, -0.05) is 30.3 Å². The SMILES string of the molecule is Cc1cc(C(=O)O)ccc1/N=C/c1ccccc1. The normalized spacial score (nSPS) is 10.7. The van der Waals surface area contributed by atoms with Crippen LogP contribution in [0.1, 0.15) is 21.5 Å². The van der Waals surface area contributed by atoms with Crippen molar-refractivity contribution in [1.82, 2.24) is 0 Å². The third-order valence-corrected chi connectivity index (χ3v) is 2.60. The molecule has 90 valence electrons. The third-order valence-electron chi connectivity index (χ3n) is 2.60. The van der Waals surface area contributed by atoms with E-state index in [1.54, 1.807) is 24.4 Å². The van der Waals surface area contributed by atoms with Crippen LogP contribution in [0.15, 0.2) is 53.5 Å². The Hall–Kier alpha value is -2.42. The number of rotatable bonds is 3. The van der Waals surface area contributed by atoms with Gasteiger partial charge in [-0.05, 0) is 36.2 Å². The lowest BCUT2D eigenvalue weighted by Gasteiger charge is -2.01. The molecule has 2 aromatic carbocycles. The highest BCUT2D eigenvalue weighted by atomic mass is 16.4. The van der Waals surface area contributed by atoms with Crippen LogP contribution >= 0.6 is 0 Å². The molecule has 0 spiro atoms. The maximum Gasteiger partial charge on any atom is 0.335 e. The summed E-state index contributed by atoms with van der Waals surface area (Å²) in [5.41, 5.74) is 2.93. The number of hydrogen-bond donors (Lipinski definition) is 1. The summed E-state index contributed by atoms with van der Waals surface area (Å²) in [6, 6.07) is 14.7. The summed E-state index contributed by atoms with van der Waals surface area (Å²) in [7, 11) is 0. The van der Waals surface area contributed by atoms with Crippen molar-refractivity contribution in [1.29, 1.82) is 0 Å². The Labute approximate surface area is 105 Å². The molecule has 0 amide bonds. The lowest BCUT2D eigenvalue weighted by molar-refractivity contribution is 0.0697. The van der Waals surface area contributed by atoms with Gasteiger partial charge in [-0.25, -0.2) is 4.79 Å². The molecule has 1 N–H and O–H groups in total. The Morgan fingerprint density at radius 3 is 2.50 bits per heavy atom. The van der Waals surface area contributed by atoms with E-state index in [-0.39, 0.29) is 5.56 Å². The van der Waals surface area contributed by atoms with Crippen molar-refractivity contribution in [2.75, 3.05) is 0 Å². The molecule has 0 aliphatic carbocycles. The maximum absolute atomic E-state index is 10.8. The topological polar surface area (TPSA) is 49.7 Å². The number of hydrogen-bond acceptors (Lipinski definition) is 2. The lowest BCUT2D eigenvalue weighted by Crippen LogP contribution is -1.95. The van der Waals surface area contributed by atoms with Crippen LogP contribution in [0.4, 0.5) is 5.69 Å². The fraction of sp³-hybridized carbons (Fsp3) is 0.0667. The minimum Gasteiger partial charge on any atom is -0.478 e. The molecule has 2 aromatic rings. The van der Waals surface area contributed by atoms with Crippen LogP contribution in [0, 0.1) is 6.92 Å². The van der Waals surface area contributed by atoms with Crippen LogP contribution in [0.25, 0.3) is 0 Å². The monoisotopic (exact) mass is 239 g/mol. The number of benzene rings is 2. The van der Waals surface area contributed by atoms with E-state index in [9.17, 15) is 4.79 Å². The summed E-state index contributed by atoms with van der Waals surface area (Å²) in [4.78, 5) is 15.2. The fourth-order valence-electron chi connectivity index (χ4n) is 1.62. The van der Waals surface area contributed by atoms with Gasteiger partial charge in [0.15, 0.2) is 0 Å². The van der Waals surface area contributed by atoms with E-state index in [2.05, 4.69) is 4.99 Å². The summed E-state index contributed by atoms with van der Waals surface area (Å²) >= 11 is 0. The van der Waals surface area contributed by atoms with Gasteiger partial charge in [-0.2, -0.15) is 0 Å². The third kappa shape index (κ3) is 2.83. The summed E-state index contributed by atoms with van der Waals surface area (Å²) in [6.45, 7) is 1.85. The van der Waals surface area contributed by atoms with Gasteiger partial charge in [0, 0.05) is 6.21 Å². The first-order chi connectivity index (χ1) is 8.66. The van der Waals surface area contributed by atoms with Crippen molar-refractivity contribution in [2.24, 2.45) is 4.99 Å². The number of aliphatic imine (C=N–C) groups is 1. The number of carbonyl (C=O) groups is 1. The number of aryl methyl sites for hydroxylation is 1. The molecule has 0 fully saturated rings. The van der Waals surface area contributed by atoms with Gasteiger partial charge in [0.05, 0.1) is 11.3 Å². The second-order valence-corrected chi connectivity index (χ2v) is 3.98. The highest BCUT2D eigenvalue weighted by Gasteiger charge is 2.04. The van der Waals surface area contributed by atoms with Crippen LogP contribution in [-0.2, 0) is 0 Å². The average Bonchev–Trinajstić information content (AvgIpc) is 2.38. The molecule has 0 radical (unpaired) electrons. The molecule has 18 heavy (non-hydrogen) atoms. The molecule has 0 saturated carbocycles. The molecule has 0 bridgehead atoms. The van der Waals surface area contributed by atoms with Crippen molar-refractivity contribution in [3.05, 3.63) is 65.2 Å². The van der Waals surface area contributed by atoms with Gasteiger partial charge in [-0.3, -0.25) is 4.99 Å². The van der Waals surface area contributed by atoms with Gasteiger partial charge in [0.25, 0.3) is 0 Å². The van der Waals surface area contributed by atoms with Crippen molar-refractivity contribution in [3.63, 3.8) is 0 Å². The van der Waals surface area contributed by atoms with E-state index >= 15 is 0 Å². The first-order valence-electron chi connectivity index (χ1n) is 5.60. The summed E-state index contributed by atoms with van der Waals surface area (Å²) in [5.74, 6) is -0.920. The van der Waals surface area contributed by atoms with Gasteiger partial charge >= 0.3 is 5.97 Å². The summed E-state index contributed by atoms with van der Waals surface area (Å²) in [6.07, 6.45) is 1.77. The largest absolute Gasteiger partial charge is 0.478 e. The van der Waals surface area contributed by atoms with Crippen LogP contribution in [0.3, 0.4) is 0 Å². The van der Waals surface area contributed by atoms with Crippen molar-refractivity contribution in [3.8, 4) is 0 Å². The Kier molecular flexibility index (Phi) is 3.53. The minimum absolute atomic E-state index is 0.283. The van der Waals surface area contributed by atoms with E-state index in [1.165, 1.54) is 0 Å². The molecule has 0 atom stereocenters. The first kappa shape index (κ1) is 12.0. The molecular weight excluding hydrogens is 226 g/mol. The zero-order chi connectivity index (χ0) is 13.0. The smallest absolute Gasteiger partial charge is 0.335 e. The molecular formula is C15H13NO2. The maximum atomic E-state index is 10.8. The molecule has 0 aliphatic rings. The molecule has 3 nitrogen and oxygen atoms in total. The lowest BCUT2D eigenvalue weighted by atomic mass is 10.1. The van der Waals surface area contributed by atoms with E-state index in [0.29, 0.717) is 0 Å². The van der Waals surface area contributed by atoms with Gasteiger partial charge in [0.1, 0.15) is 0 Å². The number of carboxylic acid groups (broad SMARTS) is 1. The second-order valence-electron chi connectivity index (χ2n) is 3.98. The Balaban J connectivity index is 2.25. The second kappa shape index (κ2) is 5.27. The molecule has 2 rings (SSSR count). The molecule has 0 saturated heterocycles. The zero-order valence-electron chi connectivity index (χ0n) is 10.00. The number of aromatic carboxylic acids is 1. The summed E-state index contributed by atoms with van der Waals surface area (Å²) in [5, 5.41) is 8.87. The predicted molar refractivity (Wildman–Crippen MR) is 71.8 cm³/mol. The Morgan fingerprint density at radius 1 is 1.17 bits per heavy atom. The van der Waals surface area contributed by atoms with Crippen LogP contribution in [-0.4, -0.2) is 17.3 Å². The fourth-order valence-corrected chi connectivity index (χ4v) is 1.62. The molecule has 0 aromatic heterocycles. The molecule has 0 heterocycles.